The molecule has 0 saturated carbocycles. The zero-order valence-electron chi connectivity index (χ0n) is 9.18. The monoisotopic (exact) mass is 233 g/mol. The summed E-state index contributed by atoms with van der Waals surface area (Å²) in [4.78, 5) is 5.38. The average Bonchev–Trinajstić information content (AvgIpc) is 2.78. The maximum atomic E-state index is 5.55. The van der Waals surface area contributed by atoms with E-state index in [2.05, 4.69) is 29.4 Å². The molecule has 3 N–H and O–H groups in total. The average molecular weight is 233 g/mol. The van der Waals surface area contributed by atoms with Gasteiger partial charge in [0, 0.05) is 17.6 Å². The SMILES string of the molecule is CC(Nc1ncc(CN)s1)c1ccccc1. The van der Waals surface area contributed by atoms with E-state index in [1.54, 1.807) is 11.3 Å². The third kappa shape index (κ3) is 2.59. The van der Waals surface area contributed by atoms with Crippen molar-refractivity contribution in [3.63, 3.8) is 0 Å². The van der Waals surface area contributed by atoms with E-state index in [0.29, 0.717) is 6.54 Å². The molecule has 0 fully saturated rings. The van der Waals surface area contributed by atoms with E-state index in [1.807, 2.05) is 24.4 Å². The second-order valence-corrected chi connectivity index (χ2v) is 4.73. The van der Waals surface area contributed by atoms with E-state index in [9.17, 15) is 0 Å². The van der Waals surface area contributed by atoms with Crippen molar-refractivity contribution in [3.8, 4) is 0 Å². The van der Waals surface area contributed by atoms with Gasteiger partial charge in [0.1, 0.15) is 0 Å². The molecule has 0 radical (unpaired) electrons. The minimum absolute atomic E-state index is 0.262. The smallest absolute Gasteiger partial charge is 0.183 e. The lowest BCUT2D eigenvalue weighted by molar-refractivity contribution is 0.881. The van der Waals surface area contributed by atoms with Crippen molar-refractivity contribution < 1.29 is 0 Å². The van der Waals surface area contributed by atoms with Crippen LogP contribution in [-0.4, -0.2) is 4.98 Å². The topological polar surface area (TPSA) is 50.9 Å². The van der Waals surface area contributed by atoms with Crippen LogP contribution in [0.1, 0.15) is 23.4 Å². The summed E-state index contributed by atoms with van der Waals surface area (Å²) in [5, 5.41) is 4.29. The fraction of sp³-hybridized carbons (Fsp3) is 0.250. The van der Waals surface area contributed by atoms with E-state index in [0.717, 1.165) is 10.0 Å². The number of anilines is 1. The predicted octanol–water partition coefficient (Wildman–Crippen LogP) is 2.77. The second-order valence-electron chi connectivity index (χ2n) is 3.61. The molecule has 2 rings (SSSR count). The fourth-order valence-corrected chi connectivity index (χ4v) is 2.26. The number of hydrogen-bond acceptors (Lipinski definition) is 4. The molecule has 1 aromatic carbocycles. The molecular weight excluding hydrogens is 218 g/mol. The van der Waals surface area contributed by atoms with Crippen molar-refractivity contribution in [1.29, 1.82) is 0 Å². The summed E-state index contributed by atoms with van der Waals surface area (Å²) in [6.07, 6.45) is 1.82. The Morgan fingerprint density at radius 2 is 2.12 bits per heavy atom. The van der Waals surface area contributed by atoms with Gasteiger partial charge in [-0.15, -0.1) is 11.3 Å². The molecule has 1 heterocycles. The summed E-state index contributed by atoms with van der Waals surface area (Å²) in [7, 11) is 0. The highest BCUT2D eigenvalue weighted by molar-refractivity contribution is 7.15. The first kappa shape index (κ1) is 11.1. The lowest BCUT2D eigenvalue weighted by Crippen LogP contribution is -2.05. The molecule has 1 atom stereocenters. The summed E-state index contributed by atoms with van der Waals surface area (Å²) in [6.45, 7) is 2.68. The maximum Gasteiger partial charge on any atom is 0.183 e. The third-order valence-corrected chi connectivity index (χ3v) is 3.35. The van der Waals surface area contributed by atoms with Crippen LogP contribution in [0.2, 0.25) is 0 Å². The molecule has 1 unspecified atom stereocenters. The van der Waals surface area contributed by atoms with Gasteiger partial charge in [-0.2, -0.15) is 0 Å². The Kier molecular flexibility index (Phi) is 3.54. The van der Waals surface area contributed by atoms with Crippen LogP contribution in [0.3, 0.4) is 0 Å². The normalized spacial score (nSPS) is 12.4. The zero-order valence-corrected chi connectivity index (χ0v) is 10.00. The van der Waals surface area contributed by atoms with Crippen molar-refractivity contribution in [2.45, 2.75) is 19.5 Å². The molecule has 2 aromatic rings. The molecule has 4 heteroatoms. The minimum Gasteiger partial charge on any atom is -0.355 e. The van der Waals surface area contributed by atoms with Crippen LogP contribution < -0.4 is 11.1 Å². The Bertz CT molecular complexity index is 439. The Labute approximate surface area is 99.3 Å². The van der Waals surface area contributed by atoms with Crippen LogP contribution in [0.4, 0.5) is 5.13 Å². The molecule has 0 spiro atoms. The standard InChI is InChI=1S/C12H15N3S/c1-9(10-5-3-2-4-6-10)15-12-14-8-11(7-13)16-12/h2-6,8-9H,7,13H2,1H3,(H,14,15). The van der Waals surface area contributed by atoms with Crippen LogP contribution in [-0.2, 0) is 6.54 Å². The number of nitrogens with two attached hydrogens (primary N) is 1. The van der Waals surface area contributed by atoms with Gasteiger partial charge in [-0.05, 0) is 12.5 Å². The van der Waals surface area contributed by atoms with Crippen LogP contribution in [0, 0.1) is 0 Å². The summed E-state index contributed by atoms with van der Waals surface area (Å²) in [5.74, 6) is 0. The molecule has 1 aromatic heterocycles. The lowest BCUT2D eigenvalue weighted by Gasteiger charge is -2.12. The van der Waals surface area contributed by atoms with Gasteiger partial charge >= 0.3 is 0 Å². The van der Waals surface area contributed by atoms with E-state index < -0.39 is 0 Å². The van der Waals surface area contributed by atoms with Crippen molar-refractivity contribution in [1.82, 2.24) is 4.98 Å². The lowest BCUT2D eigenvalue weighted by atomic mass is 10.1. The van der Waals surface area contributed by atoms with Gasteiger partial charge in [-0.3, -0.25) is 0 Å². The second kappa shape index (κ2) is 5.09. The first-order valence-electron chi connectivity index (χ1n) is 5.26. The van der Waals surface area contributed by atoms with Gasteiger partial charge in [0.2, 0.25) is 0 Å². The van der Waals surface area contributed by atoms with Crippen LogP contribution in [0.25, 0.3) is 0 Å². The predicted molar refractivity (Wildman–Crippen MR) is 68.5 cm³/mol. The van der Waals surface area contributed by atoms with Crippen LogP contribution in [0.15, 0.2) is 36.5 Å². The highest BCUT2D eigenvalue weighted by Gasteiger charge is 2.06. The highest BCUT2D eigenvalue weighted by Crippen LogP contribution is 2.23. The molecule has 84 valence electrons. The Morgan fingerprint density at radius 1 is 1.38 bits per heavy atom. The summed E-state index contributed by atoms with van der Waals surface area (Å²) < 4.78 is 0. The Hall–Kier alpha value is -1.39. The molecule has 0 bridgehead atoms. The van der Waals surface area contributed by atoms with Gasteiger partial charge < -0.3 is 11.1 Å². The minimum atomic E-state index is 0.262. The van der Waals surface area contributed by atoms with Gasteiger partial charge in [0.15, 0.2) is 5.13 Å². The fourth-order valence-electron chi connectivity index (χ4n) is 1.48. The Morgan fingerprint density at radius 3 is 2.75 bits per heavy atom. The Balaban J connectivity index is 2.05. The van der Waals surface area contributed by atoms with E-state index in [-0.39, 0.29) is 6.04 Å². The molecular formula is C12H15N3S. The molecule has 0 aliphatic heterocycles. The van der Waals surface area contributed by atoms with Gasteiger partial charge in [0.05, 0.1) is 6.04 Å². The molecule has 0 saturated heterocycles. The molecule has 0 aliphatic rings. The molecule has 0 amide bonds. The number of nitrogens with zero attached hydrogens (tertiary/aromatic N) is 1. The highest BCUT2D eigenvalue weighted by atomic mass is 32.1. The molecule has 16 heavy (non-hydrogen) atoms. The third-order valence-electron chi connectivity index (χ3n) is 2.39. The number of benzene rings is 1. The number of nitrogens with one attached hydrogen (secondary N) is 1. The molecule has 3 nitrogen and oxygen atoms in total. The summed E-state index contributed by atoms with van der Waals surface area (Å²) in [5.41, 5.74) is 6.80. The summed E-state index contributed by atoms with van der Waals surface area (Å²) in [6, 6.07) is 10.6. The van der Waals surface area contributed by atoms with E-state index >= 15 is 0 Å². The molecule has 0 aliphatic carbocycles. The van der Waals surface area contributed by atoms with E-state index in [1.165, 1.54) is 5.56 Å². The van der Waals surface area contributed by atoms with Gasteiger partial charge in [0.25, 0.3) is 0 Å². The van der Waals surface area contributed by atoms with Crippen molar-refractivity contribution >= 4 is 16.5 Å². The zero-order chi connectivity index (χ0) is 11.4. The van der Waals surface area contributed by atoms with Gasteiger partial charge in [-0.1, -0.05) is 30.3 Å². The number of rotatable bonds is 4. The van der Waals surface area contributed by atoms with Crippen molar-refractivity contribution in [2.75, 3.05) is 5.32 Å². The maximum absolute atomic E-state index is 5.55. The van der Waals surface area contributed by atoms with Crippen molar-refractivity contribution in [2.24, 2.45) is 5.73 Å². The first-order chi connectivity index (χ1) is 7.79. The number of hydrogen-bond donors (Lipinski definition) is 2. The van der Waals surface area contributed by atoms with E-state index in [4.69, 9.17) is 5.73 Å². The van der Waals surface area contributed by atoms with Gasteiger partial charge in [-0.25, -0.2) is 4.98 Å². The number of thiazole rings is 1. The largest absolute Gasteiger partial charge is 0.355 e. The van der Waals surface area contributed by atoms with Crippen LogP contribution in [0.5, 0.6) is 0 Å². The van der Waals surface area contributed by atoms with Crippen molar-refractivity contribution in [3.05, 3.63) is 47.0 Å². The van der Waals surface area contributed by atoms with Crippen LogP contribution >= 0.6 is 11.3 Å². The first-order valence-corrected chi connectivity index (χ1v) is 6.07. The number of aromatic nitrogens is 1. The quantitative estimate of drug-likeness (QED) is 0.853. The summed E-state index contributed by atoms with van der Waals surface area (Å²) >= 11 is 1.61.